The van der Waals surface area contributed by atoms with Crippen LogP contribution in [0.3, 0.4) is 0 Å². The van der Waals surface area contributed by atoms with Crippen molar-refractivity contribution in [1.29, 1.82) is 0 Å². The van der Waals surface area contributed by atoms with E-state index in [1.54, 1.807) is 4.68 Å². The molecule has 4 rings (SSSR count). The van der Waals surface area contributed by atoms with Crippen molar-refractivity contribution < 1.29 is 0 Å². The average molecular weight is 376 g/mol. The lowest BCUT2D eigenvalue weighted by Gasteiger charge is -2.22. The van der Waals surface area contributed by atoms with Crippen LogP contribution < -0.4 is 10.9 Å². The highest BCUT2D eigenvalue weighted by atomic mass is 16.1. The quantitative estimate of drug-likeness (QED) is 0.467. The van der Waals surface area contributed by atoms with Crippen molar-refractivity contribution in [2.24, 2.45) is 13.0 Å². The summed E-state index contributed by atoms with van der Waals surface area (Å²) >= 11 is 0. The average Bonchev–Trinajstić information content (AvgIpc) is 3.22. The van der Waals surface area contributed by atoms with Crippen LogP contribution in [0.5, 0.6) is 0 Å². The molecule has 3 N–H and O–H groups in total. The van der Waals surface area contributed by atoms with Crippen molar-refractivity contribution in [2.75, 3.05) is 5.32 Å². The predicted molar refractivity (Wildman–Crippen MR) is 117 cm³/mol. The Morgan fingerprint density at radius 2 is 2.07 bits per heavy atom. The summed E-state index contributed by atoms with van der Waals surface area (Å²) < 4.78 is 1.71. The second kappa shape index (κ2) is 6.85. The van der Waals surface area contributed by atoms with Gasteiger partial charge in [-0.2, -0.15) is 5.10 Å². The van der Waals surface area contributed by atoms with Crippen LogP contribution in [0.4, 0.5) is 5.69 Å². The van der Waals surface area contributed by atoms with Crippen LogP contribution in [0, 0.1) is 12.8 Å². The third kappa shape index (κ3) is 3.08. The minimum absolute atomic E-state index is 0.183. The van der Waals surface area contributed by atoms with Crippen LogP contribution in [0.2, 0.25) is 0 Å². The number of benzene rings is 1. The molecule has 28 heavy (non-hydrogen) atoms. The number of aryl methyl sites for hydroxylation is 2. The first-order valence-electron chi connectivity index (χ1n) is 9.70. The molecule has 0 bridgehead atoms. The van der Waals surface area contributed by atoms with Crippen molar-refractivity contribution in [3.63, 3.8) is 0 Å². The molecule has 3 aromatic heterocycles. The number of nitrogens with one attached hydrogen (secondary N) is 3. The zero-order valence-electron chi connectivity index (χ0n) is 16.9. The van der Waals surface area contributed by atoms with E-state index in [-0.39, 0.29) is 11.5 Å². The number of fused-ring (bicyclic) bond motifs is 2. The largest absolute Gasteiger partial charge is 0.387 e. The van der Waals surface area contributed by atoms with Gasteiger partial charge in [0, 0.05) is 13.2 Å². The summed E-state index contributed by atoms with van der Waals surface area (Å²) in [5.74, 6) is 1.18. The van der Waals surface area contributed by atoms with E-state index < -0.39 is 0 Å². The molecular weight excluding hydrogens is 351 g/mol. The van der Waals surface area contributed by atoms with Crippen molar-refractivity contribution in [2.45, 2.75) is 33.1 Å². The molecule has 144 valence electrons. The molecule has 0 aliphatic heterocycles. The predicted octanol–water partition coefficient (Wildman–Crippen LogP) is 2.53. The van der Waals surface area contributed by atoms with Gasteiger partial charge in [-0.15, -0.1) is 0 Å². The van der Waals surface area contributed by atoms with Gasteiger partial charge in [0.25, 0.3) is 5.56 Å². The van der Waals surface area contributed by atoms with E-state index >= 15 is 0 Å². The third-order valence-corrected chi connectivity index (χ3v) is 5.53. The van der Waals surface area contributed by atoms with Crippen molar-refractivity contribution >= 4 is 35.6 Å². The summed E-state index contributed by atoms with van der Waals surface area (Å²) in [4.78, 5) is 24.0. The highest BCUT2D eigenvalue weighted by Crippen LogP contribution is 2.31. The minimum atomic E-state index is -0.185. The normalized spacial score (nSPS) is 13.9. The Morgan fingerprint density at radius 1 is 1.29 bits per heavy atom. The molecule has 0 fully saturated rings. The number of hydrogen-bond acceptors (Lipinski definition) is 4. The molecule has 0 aliphatic rings. The van der Waals surface area contributed by atoms with Gasteiger partial charge in [-0.3, -0.25) is 9.48 Å². The molecule has 2 unspecified atom stereocenters. The van der Waals surface area contributed by atoms with E-state index in [1.807, 2.05) is 38.4 Å². The number of H-pyrrole nitrogens is 2. The van der Waals surface area contributed by atoms with Crippen molar-refractivity contribution in [3.05, 3.63) is 40.3 Å². The van der Waals surface area contributed by atoms with Gasteiger partial charge in [0.2, 0.25) is 0 Å². The lowest BCUT2D eigenvalue weighted by molar-refractivity contribution is 0.558. The fraction of sp³-hybridized carbons (Fsp3) is 0.350. The molecule has 2 atom stereocenters. The van der Waals surface area contributed by atoms with Crippen molar-refractivity contribution in [3.8, 4) is 11.4 Å². The molecule has 4 aromatic rings. The highest BCUT2D eigenvalue weighted by Gasteiger charge is 2.22. The monoisotopic (exact) mass is 376 g/mol. The van der Waals surface area contributed by atoms with Gasteiger partial charge in [-0.1, -0.05) is 26.3 Å². The highest BCUT2D eigenvalue weighted by molar-refractivity contribution is 6.14. The molecule has 7 nitrogen and oxygen atoms in total. The Balaban J connectivity index is 1.96. The van der Waals surface area contributed by atoms with Gasteiger partial charge in [-0.05, 0) is 36.5 Å². The van der Waals surface area contributed by atoms with Crippen molar-refractivity contribution in [1.82, 2.24) is 24.7 Å². The van der Waals surface area contributed by atoms with Crippen LogP contribution >= 0.6 is 0 Å². The fourth-order valence-corrected chi connectivity index (χ4v) is 3.51. The van der Waals surface area contributed by atoms with Crippen LogP contribution in [0.25, 0.3) is 33.5 Å². The van der Waals surface area contributed by atoms with E-state index in [0.29, 0.717) is 22.8 Å². The summed E-state index contributed by atoms with van der Waals surface area (Å²) in [6, 6.07) is 6.02. The summed E-state index contributed by atoms with van der Waals surface area (Å²) in [5, 5.41) is 8.15. The smallest absolute Gasteiger partial charge is 0.261 e. The standard InChI is InChI=1S/C20H25BN6O/c1-5-11(3)18(21)25-17-15(20(28)24-14-9-27(4)26-16(14)17)19-22-12-7-6-10(2)8-13(12)23-19/h6-9,11,18,25H,5,21H2,1-4H3,(H,22,23)(H,24,28). The van der Waals surface area contributed by atoms with Gasteiger partial charge in [-0.25, -0.2) is 4.98 Å². The molecule has 0 radical (unpaired) electrons. The molecule has 8 heteroatoms. The third-order valence-electron chi connectivity index (χ3n) is 5.53. The fourth-order valence-electron chi connectivity index (χ4n) is 3.51. The second-order valence-electron chi connectivity index (χ2n) is 7.69. The van der Waals surface area contributed by atoms with Gasteiger partial charge < -0.3 is 15.3 Å². The van der Waals surface area contributed by atoms with Gasteiger partial charge in [0.15, 0.2) is 0 Å². The van der Waals surface area contributed by atoms with Gasteiger partial charge in [0.1, 0.15) is 24.8 Å². The Labute approximate surface area is 164 Å². The maximum atomic E-state index is 13.0. The maximum Gasteiger partial charge on any atom is 0.261 e. The first-order valence-corrected chi connectivity index (χ1v) is 9.70. The summed E-state index contributed by atoms with van der Waals surface area (Å²) in [6.07, 6.45) is 2.86. The molecule has 0 saturated carbocycles. The summed E-state index contributed by atoms with van der Waals surface area (Å²) in [5.41, 5.74) is 5.37. The number of anilines is 1. The Hall–Kier alpha value is -3.03. The van der Waals surface area contributed by atoms with Crippen LogP contribution in [-0.2, 0) is 7.05 Å². The minimum Gasteiger partial charge on any atom is -0.387 e. The number of rotatable bonds is 5. The Morgan fingerprint density at radius 3 is 2.82 bits per heavy atom. The number of imidazole rings is 1. The molecule has 1 aromatic carbocycles. The van der Waals surface area contributed by atoms with Crippen LogP contribution in [0.1, 0.15) is 25.8 Å². The lowest BCUT2D eigenvalue weighted by atomic mass is 9.83. The number of nitrogens with zero attached hydrogens (tertiary/aromatic N) is 3. The lowest BCUT2D eigenvalue weighted by Crippen LogP contribution is -2.29. The summed E-state index contributed by atoms with van der Waals surface area (Å²) in [6.45, 7) is 6.40. The van der Waals surface area contributed by atoms with Crippen LogP contribution in [0.15, 0.2) is 29.2 Å². The number of aromatic amines is 2. The molecule has 3 heterocycles. The SMILES string of the molecule is BC(Nc1c(-c2nc3ccc(C)cc3[nH]2)c(=O)[nH]c2cn(C)nc12)C(C)CC. The molecule has 0 amide bonds. The van der Waals surface area contributed by atoms with Gasteiger partial charge in [0.05, 0.1) is 22.2 Å². The zero-order chi connectivity index (χ0) is 20.0. The molecule has 0 aliphatic carbocycles. The van der Waals surface area contributed by atoms with E-state index in [4.69, 9.17) is 0 Å². The maximum absolute atomic E-state index is 13.0. The molecule has 0 spiro atoms. The van der Waals surface area contributed by atoms with E-state index in [9.17, 15) is 4.79 Å². The number of hydrogen-bond donors (Lipinski definition) is 3. The van der Waals surface area contributed by atoms with Gasteiger partial charge >= 0.3 is 0 Å². The van der Waals surface area contributed by atoms with E-state index in [0.717, 1.165) is 34.2 Å². The van der Waals surface area contributed by atoms with E-state index in [2.05, 4.69) is 47.1 Å². The second-order valence-corrected chi connectivity index (χ2v) is 7.69. The molecule has 0 saturated heterocycles. The first-order chi connectivity index (χ1) is 13.4. The van der Waals surface area contributed by atoms with E-state index in [1.165, 1.54) is 0 Å². The van der Waals surface area contributed by atoms with Crippen LogP contribution in [-0.4, -0.2) is 38.5 Å². The number of aromatic nitrogens is 5. The first kappa shape index (κ1) is 18.3. The Kier molecular flexibility index (Phi) is 4.49. The molecular formula is C20H25BN6O. The Bertz CT molecular complexity index is 1220. The number of pyridine rings is 1. The zero-order valence-corrected chi connectivity index (χ0v) is 16.9. The topological polar surface area (TPSA) is 91.4 Å². The summed E-state index contributed by atoms with van der Waals surface area (Å²) in [7, 11) is 3.99.